The fraction of sp³-hybridized carbons (Fsp3) is 0.130. The summed E-state index contributed by atoms with van der Waals surface area (Å²) in [4.78, 5) is 2.19. The van der Waals surface area contributed by atoms with Crippen LogP contribution in [0.3, 0.4) is 0 Å². The minimum atomic E-state index is 0. The molecular weight excluding hydrogens is 346 g/mol. The van der Waals surface area contributed by atoms with Crippen molar-refractivity contribution in [1.29, 1.82) is 0 Å². The molecule has 0 N–H and O–H groups in total. The first-order chi connectivity index (χ1) is 11.7. The molecule has 4 aromatic carbocycles. The van der Waals surface area contributed by atoms with E-state index in [-0.39, 0.29) is 17.1 Å². The molecular formula is C23H23FeN. The molecule has 0 aliphatic carbocycles. The standard InChI is InChI=1S/C18H18N.C5H5.Fe/c1-19(2)13-14-7-8-17(11-14)18-10-9-15-5-3-4-6-16(15)12-18;1-2-4-5-3-1;/h3-12H,13H2,1-2H3;1-5H;/q2*-1;+2. The van der Waals surface area contributed by atoms with Crippen molar-refractivity contribution in [2.45, 2.75) is 6.54 Å². The van der Waals surface area contributed by atoms with E-state index in [9.17, 15) is 0 Å². The molecule has 1 nitrogen and oxygen atoms in total. The average Bonchev–Trinajstić information content (AvgIpc) is 3.28. The molecule has 0 radical (unpaired) electrons. The van der Waals surface area contributed by atoms with Crippen LogP contribution < -0.4 is 0 Å². The van der Waals surface area contributed by atoms with Crippen LogP contribution in [0.1, 0.15) is 5.56 Å². The Morgan fingerprint density at radius 3 is 2.24 bits per heavy atom. The summed E-state index contributed by atoms with van der Waals surface area (Å²) in [6, 6.07) is 31.9. The number of hydrogen-bond donors (Lipinski definition) is 0. The maximum Gasteiger partial charge on any atom is 2.00 e. The van der Waals surface area contributed by atoms with Crippen LogP contribution in [0.5, 0.6) is 0 Å². The van der Waals surface area contributed by atoms with E-state index in [0.717, 1.165) is 6.54 Å². The van der Waals surface area contributed by atoms with Crippen molar-refractivity contribution >= 4 is 10.8 Å². The van der Waals surface area contributed by atoms with Gasteiger partial charge in [-0.3, -0.25) is 0 Å². The zero-order chi connectivity index (χ0) is 16.8. The van der Waals surface area contributed by atoms with Crippen LogP contribution in [0.25, 0.3) is 21.9 Å². The molecule has 0 bridgehead atoms. The van der Waals surface area contributed by atoms with Crippen LogP contribution in [-0.2, 0) is 23.6 Å². The number of benzene rings is 2. The first-order valence-corrected chi connectivity index (χ1v) is 8.28. The molecule has 0 aromatic heterocycles. The summed E-state index contributed by atoms with van der Waals surface area (Å²) in [7, 11) is 4.20. The molecule has 0 aliphatic heterocycles. The predicted octanol–water partition coefficient (Wildman–Crippen LogP) is 5.69. The Hall–Kier alpha value is -2.12. The molecule has 0 aliphatic rings. The van der Waals surface area contributed by atoms with Gasteiger partial charge in [0.2, 0.25) is 0 Å². The van der Waals surface area contributed by atoms with E-state index in [1.165, 1.54) is 27.5 Å². The average molecular weight is 369 g/mol. The van der Waals surface area contributed by atoms with Gasteiger partial charge in [-0.15, -0.1) is 41.5 Å². The third kappa shape index (κ3) is 5.44. The van der Waals surface area contributed by atoms with Gasteiger partial charge in [-0.25, -0.2) is 12.1 Å². The van der Waals surface area contributed by atoms with Gasteiger partial charge in [0, 0.05) is 0 Å². The molecule has 2 heteroatoms. The summed E-state index contributed by atoms with van der Waals surface area (Å²) in [6.07, 6.45) is 0. The molecule has 4 rings (SSSR count). The van der Waals surface area contributed by atoms with Gasteiger partial charge in [0.05, 0.1) is 0 Å². The van der Waals surface area contributed by atoms with Crippen LogP contribution in [0.4, 0.5) is 0 Å². The summed E-state index contributed by atoms with van der Waals surface area (Å²) in [5.41, 5.74) is 3.97. The monoisotopic (exact) mass is 369 g/mol. The number of rotatable bonds is 3. The fourth-order valence-corrected chi connectivity index (χ4v) is 2.83. The SMILES string of the molecule is CN(C)Cc1cc[c-](-c2ccc3ccccc3c2)c1.[Fe+2].c1cc[cH-]c1. The van der Waals surface area contributed by atoms with Crippen LogP contribution in [-0.4, -0.2) is 19.0 Å². The van der Waals surface area contributed by atoms with Crippen molar-refractivity contribution in [1.82, 2.24) is 4.90 Å². The largest absolute Gasteiger partial charge is 2.00 e. The van der Waals surface area contributed by atoms with E-state index in [4.69, 9.17) is 0 Å². The third-order valence-electron chi connectivity index (χ3n) is 3.96. The molecule has 25 heavy (non-hydrogen) atoms. The first kappa shape index (κ1) is 19.2. The van der Waals surface area contributed by atoms with Crippen LogP contribution >= 0.6 is 0 Å². The normalized spacial score (nSPS) is 10.2. The van der Waals surface area contributed by atoms with Crippen molar-refractivity contribution in [3.05, 3.63) is 96.6 Å². The van der Waals surface area contributed by atoms with Gasteiger partial charge in [-0.05, 0) is 26.0 Å². The molecule has 0 atom stereocenters. The Morgan fingerprint density at radius 2 is 1.60 bits per heavy atom. The van der Waals surface area contributed by atoms with Crippen molar-refractivity contribution < 1.29 is 17.1 Å². The molecule has 0 saturated heterocycles. The second-order valence-corrected chi connectivity index (χ2v) is 6.27. The van der Waals surface area contributed by atoms with Crippen molar-refractivity contribution in [3.8, 4) is 11.1 Å². The molecule has 0 saturated carbocycles. The Bertz CT molecular complexity index is 855. The van der Waals surface area contributed by atoms with E-state index < -0.39 is 0 Å². The van der Waals surface area contributed by atoms with Gasteiger partial charge >= 0.3 is 17.1 Å². The zero-order valence-corrected chi connectivity index (χ0v) is 15.8. The summed E-state index contributed by atoms with van der Waals surface area (Å²) in [5.74, 6) is 0. The van der Waals surface area contributed by atoms with E-state index in [0.29, 0.717) is 0 Å². The Morgan fingerprint density at radius 1 is 0.880 bits per heavy atom. The Balaban J connectivity index is 0.000000325. The van der Waals surface area contributed by atoms with Gasteiger partial charge < -0.3 is 4.90 Å². The quantitative estimate of drug-likeness (QED) is 0.331. The summed E-state index contributed by atoms with van der Waals surface area (Å²) < 4.78 is 0. The van der Waals surface area contributed by atoms with Gasteiger partial charge in [0.15, 0.2) is 0 Å². The fourth-order valence-electron chi connectivity index (χ4n) is 2.83. The Labute approximate surface area is 161 Å². The van der Waals surface area contributed by atoms with Gasteiger partial charge in [0.25, 0.3) is 0 Å². The number of hydrogen-bond acceptors (Lipinski definition) is 1. The second kappa shape index (κ2) is 9.39. The minimum Gasteiger partial charge on any atom is -0.313 e. The topological polar surface area (TPSA) is 3.24 Å². The van der Waals surface area contributed by atoms with Gasteiger partial charge in [0.1, 0.15) is 0 Å². The maximum atomic E-state index is 2.28. The van der Waals surface area contributed by atoms with Crippen LogP contribution in [0.2, 0.25) is 0 Å². The van der Waals surface area contributed by atoms with Crippen molar-refractivity contribution in [3.63, 3.8) is 0 Å². The molecule has 4 aromatic rings. The molecule has 0 unspecified atom stereocenters. The van der Waals surface area contributed by atoms with Gasteiger partial charge in [-0.1, -0.05) is 41.3 Å². The minimum absolute atomic E-state index is 0. The van der Waals surface area contributed by atoms with E-state index in [1.807, 2.05) is 30.3 Å². The molecule has 0 heterocycles. The van der Waals surface area contributed by atoms with Gasteiger partial charge in [-0.2, -0.15) is 18.2 Å². The van der Waals surface area contributed by atoms with E-state index >= 15 is 0 Å². The zero-order valence-electron chi connectivity index (χ0n) is 14.7. The summed E-state index contributed by atoms with van der Waals surface area (Å²) >= 11 is 0. The van der Waals surface area contributed by atoms with Crippen molar-refractivity contribution in [2.24, 2.45) is 0 Å². The Kier molecular flexibility index (Phi) is 7.21. The molecule has 0 spiro atoms. The number of nitrogens with zero attached hydrogens (tertiary/aromatic N) is 1. The van der Waals surface area contributed by atoms with E-state index in [2.05, 4.69) is 79.7 Å². The van der Waals surface area contributed by atoms with Crippen LogP contribution in [0.15, 0.2) is 91.0 Å². The third-order valence-corrected chi connectivity index (χ3v) is 3.96. The maximum absolute atomic E-state index is 2.28. The van der Waals surface area contributed by atoms with Crippen molar-refractivity contribution in [2.75, 3.05) is 14.1 Å². The molecule has 128 valence electrons. The summed E-state index contributed by atoms with van der Waals surface area (Å²) in [6.45, 7) is 0.994. The molecule has 0 fully saturated rings. The summed E-state index contributed by atoms with van der Waals surface area (Å²) in [5, 5.41) is 2.60. The molecule has 0 amide bonds. The predicted molar refractivity (Wildman–Crippen MR) is 104 cm³/mol. The van der Waals surface area contributed by atoms with E-state index in [1.54, 1.807) is 0 Å². The smallest absolute Gasteiger partial charge is 0.313 e. The first-order valence-electron chi connectivity index (χ1n) is 8.28. The second-order valence-electron chi connectivity index (χ2n) is 6.27. The van der Waals surface area contributed by atoms with Crippen LogP contribution in [0, 0.1) is 0 Å². The number of fused-ring (bicyclic) bond motifs is 1.